The predicted molar refractivity (Wildman–Crippen MR) is 80.2 cm³/mol. The van der Waals surface area contributed by atoms with Crippen LogP contribution >= 0.6 is 0 Å². The molecule has 0 aliphatic heterocycles. The van der Waals surface area contributed by atoms with Crippen LogP contribution in [0.1, 0.15) is 17.5 Å². The fourth-order valence-corrected chi connectivity index (χ4v) is 2.49. The maximum Gasteiger partial charge on any atom is 0.412 e. The summed E-state index contributed by atoms with van der Waals surface area (Å²) in [5, 5.41) is 9.51. The van der Waals surface area contributed by atoms with E-state index in [0.717, 1.165) is 0 Å². The molecular formula is C13H18N2O7S. The Labute approximate surface area is 133 Å². The van der Waals surface area contributed by atoms with Crippen molar-refractivity contribution in [3.63, 3.8) is 0 Å². The third kappa shape index (κ3) is 7.08. The van der Waals surface area contributed by atoms with Crippen LogP contribution < -0.4 is 11.5 Å². The molecule has 10 heteroatoms. The summed E-state index contributed by atoms with van der Waals surface area (Å²) in [6.07, 6.45) is -0.894. The minimum atomic E-state index is -4.08. The van der Waals surface area contributed by atoms with Gasteiger partial charge in [-0.25, -0.2) is 9.59 Å². The Morgan fingerprint density at radius 1 is 1.26 bits per heavy atom. The largest absolute Gasteiger partial charge is 0.508 e. The number of amides is 1. The fraction of sp³-hybridized carbons (Fsp3) is 0.385. The summed E-state index contributed by atoms with van der Waals surface area (Å²) in [4.78, 5) is 22.0. The Balaban J connectivity index is 2.81. The van der Waals surface area contributed by atoms with Gasteiger partial charge in [0.15, 0.2) is 0 Å². The van der Waals surface area contributed by atoms with Crippen molar-refractivity contribution in [1.29, 1.82) is 0 Å². The minimum Gasteiger partial charge on any atom is -0.508 e. The molecule has 1 atom stereocenters. The number of nitrogens with two attached hydrogens (primary N) is 2. The molecule has 23 heavy (non-hydrogen) atoms. The summed E-state index contributed by atoms with van der Waals surface area (Å²) in [6, 6.07) is 3.17. The number of carbonyl (C=O) groups excluding carboxylic acids is 2. The molecule has 0 saturated carbocycles. The van der Waals surface area contributed by atoms with Crippen LogP contribution in [0.4, 0.5) is 4.79 Å². The average Bonchev–Trinajstić information content (AvgIpc) is 2.39. The molecule has 0 aromatic heterocycles. The van der Waals surface area contributed by atoms with E-state index in [1.54, 1.807) is 0 Å². The lowest BCUT2D eigenvalue weighted by Crippen LogP contribution is -2.37. The lowest BCUT2D eigenvalue weighted by molar-refractivity contribution is -0.138. The zero-order valence-electron chi connectivity index (χ0n) is 12.1. The van der Waals surface area contributed by atoms with Gasteiger partial charge < -0.3 is 21.3 Å². The molecule has 1 amide bonds. The number of phenols is 1. The van der Waals surface area contributed by atoms with Gasteiger partial charge in [-0.3, -0.25) is 4.55 Å². The van der Waals surface area contributed by atoms with Crippen molar-refractivity contribution in [1.82, 2.24) is 0 Å². The number of rotatable bonds is 7. The third-order valence-electron chi connectivity index (χ3n) is 2.98. The number of aryl methyl sites for hydroxylation is 1. The molecule has 1 aromatic carbocycles. The van der Waals surface area contributed by atoms with Crippen LogP contribution in [0.25, 0.3) is 0 Å². The molecular weight excluding hydrogens is 328 g/mol. The molecule has 0 saturated heterocycles. The van der Waals surface area contributed by atoms with Crippen molar-refractivity contribution in [3.8, 4) is 5.75 Å². The highest BCUT2D eigenvalue weighted by Crippen LogP contribution is 2.20. The molecule has 9 nitrogen and oxygen atoms in total. The first-order valence-electron chi connectivity index (χ1n) is 6.61. The number of phenolic OH excluding ortho intramolecular Hbond substituents is 1. The van der Waals surface area contributed by atoms with E-state index >= 15 is 0 Å². The van der Waals surface area contributed by atoms with E-state index in [1.807, 2.05) is 0 Å². The molecule has 128 valence electrons. The van der Waals surface area contributed by atoms with Crippen molar-refractivity contribution >= 4 is 22.2 Å². The highest BCUT2D eigenvalue weighted by atomic mass is 32.2. The molecule has 0 aliphatic carbocycles. The minimum absolute atomic E-state index is 0.00754. The van der Waals surface area contributed by atoms with Crippen molar-refractivity contribution in [3.05, 3.63) is 29.3 Å². The van der Waals surface area contributed by atoms with E-state index < -0.39 is 34.0 Å². The molecule has 0 spiro atoms. The van der Waals surface area contributed by atoms with Crippen LogP contribution in [-0.2, 0) is 32.5 Å². The second-order valence-electron chi connectivity index (χ2n) is 4.89. The van der Waals surface area contributed by atoms with Crippen LogP contribution in [0.2, 0.25) is 0 Å². The Hall–Kier alpha value is -2.17. The monoisotopic (exact) mass is 346 g/mol. The van der Waals surface area contributed by atoms with E-state index in [2.05, 4.69) is 4.74 Å². The van der Waals surface area contributed by atoms with Gasteiger partial charge in [-0.15, -0.1) is 0 Å². The van der Waals surface area contributed by atoms with Gasteiger partial charge in [0.05, 0.1) is 5.75 Å². The van der Waals surface area contributed by atoms with E-state index in [1.165, 1.54) is 18.2 Å². The van der Waals surface area contributed by atoms with Gasteiger partial charge in [0.2, 0.25) is 0 Å². The van der Waals surface area contributed by atoms with Gasteiger partial charge in [-0.2, -0.15) is 8.42 Å². The molecule has 1 rings (SSSR count). The van der Waals surface area contributed by atoms with Gasteiger partial charge in [0.25, 0.3) is 10.1 Å². The number of carbonyl (C=O) groups is 2. The summed E-state index contributed by atoms with van der Waals surface area (Å²) in [5.41, 5.74) is 11.5. The van der Waals surface area contributed by atoms with Crippen LogP contribution in [-0.4, -0.2) is 41.9 Å². The number of hydrogen-bond acceptors (Lipinski definition) is 7. The van der Waals surface area contributed by atoms with E-state index in [-0.39, 0.29) is 25.0 Å². The molecule has 0 aliphatic rings. The molecule has 0 radical (unpaired) electrons. The van der Waals surface area contributed by atoms with Crippen LogP contribution in [0.3, 0.4) is 0 Å². The summed E-state index contributed by atoms with van der Waals surface area (Å²) < 4.78 is 34.4. The Morgan fingerprint density at radius 3 is 2.48 bits per heavy atom. The van der Waals surface area contributed by atoms with E-state index in [0.29, 0.717) is 11.1 Å². The number of benzene rings is 1. The molecule has 0 heterocycles. The van der Waals surface area contributed by atoms with Gasteiger partial charge in [-0.05, 0) is 42.5 Å². The van der Waals surface area contributed by atoms with E-state index in [9.17, 15) is 23.1 Å². The normalized spacial score (nSPS) is 12.6. The quantitative estimate of drug-likeness (QED) is 0.296. The molecule has 6 N–H and O–H groups in total. The molecule has 0 bridgehead atoms. The van der Waals surface area contributed by atoms with Crippen molar-refractivity contribution in [2.24, 2.45) is 11.5 Å². The standard InChI is InChI=1S/C13H18N2O7S/c14-11(12(17)22-13(15)18)7-9-3-4-10(16)6-8(9)2-1-5-23(19,20)21/h3-4,6,11,16H,1-2,5,7,14H2,(H2,15,18)(H,19,20,21)/t11-/m0/s1. The summed E-state index contributed by atoms with van der Waals surface area (Å²) in [6.45, 7) is 0. The molecule has 1 aromatic rings. The van der Waals surface area contributed by atoms with Gasteiger partial charge in [0, 0.05) is 0 Å². The van der Waals surface area contributed by atoms with Gasteiger partial charge in [0.1, 0.15) is 11.8 Å². The van der Waals surface area contributed by atoms with Crippen molar-refractivity contribution in [2.75, 3.05) is 5.75 Å². The van der Waals surface area contributed by atoms with Gasteiger partial charge >= 0.3 is 12.1 Å². The Kier molecular flexibility index (Phi) is 6.49. The van der Waals surface area contributed by atoms with Crippen molar-refractivity contribution in [2.45, 2.75) is 25.3 Å². The summed E-state index contributed by atoms with van der Waals surface area (Å²) >= 11 is 0. The second kappa shape index (κ2) is 7.90. The highest BCUT2D eigenvalue weighted by Gasteiger charge is 2.19. The predicted octanol–water partition coefficient (Wildman–Crippen LogP) is -0.296. The Bertz CT molecular complexity index is 688. The first-order chi connectivity index (χ1) is 10.6. The SMILES string of the molecule is NC(=O)OC(=O)[C@@H](N)Cc1ccc(O)cc1CCCS(=O)(=O)O. The fourth-order valence-electron chi connectivity index (χ4n) is 1.98. The number of aromatic hydroxyl groups is 1. The van der Waals surface area contributed by atoms with E-state index in [4.69, 9.17) is 16.0 Å². The zero-order chi connectivity index (χ0) is 17.6. The van der Waals surface area contributed by atoms with Crippen molar-refractivity contribution < 1.29 is 32.4 Å². The van der Waals surface area contributed by atoms with Crippen LogP contribution in [0.15, 0.2) is 18.2 Å². The van der Waals surface area contributed by atoms with Crippen LogP contribution in [0, 0.1) is 0 Å². The number of primary amides is 1. The zero-order valence-corrected chi connectivity index (χ0v) is 13.0. The average molecular weight is 346 g/mol. The highest BCUT2D eigenvalue weighted by molar-refractivity contribution is 7.85. The lowest BCUT2D eigenvalue weighted by atomic mass is 9.97. The smallest absolute Gasteiger partial charge is 0.412 e. The topological polar surface area (TPSA) is 170 Å². The third-order valence-corrected chi connectivity index (χ3v) is 3.79. The first-order valence-corrected chi connectivity index (χ1v) is 8.22. The Morgan fingerprint density at radius 2 is 1.91 bits per heavy atom. The van der Waals surface area contributed by atoms with Crippen LogP contribution in [0.5, 0.6) is 5.75 Å². The number of hydrogen-bond donors (Lipinski definition) is 4. The lowest BCUT2D eigenvalue weighted by Gasteiger charge is -2.13. The molecule has 0 unspecified atom stereocenters. The maximum atomic E-state index is 11.5. The first kappa shape index (κ1) is 18.9. The summed E-state index contributed by atoms with van der Waals surface area (Å²) in [5.74, 6) is -1.46. The van der Waals surface area contributed by atoms with Gasteiger partial charge in [-0.1, -0.05) is 6.07 Å². The summed E-state index contributed by atoms with van der Waals surface area (Å²) in [7, 11) is -4.08. The number of esters is 1. The second-order valence-corrected chi connectivity index (χ2v) is 6.47. The maximum absolute atomic E-state index is 11.5. The number of ether oxygens (including phenoxy) is 1. The molecule has 0 fully saturated rings.